The van der Waals surface area contributed by atoms with Gasteiger partial charge < -0.3 is 14.2 Å². The van der Waals surface area contributed by atoms with Gasteiger partial charge in [-0.15, -0.1) is 0 Å². The maximum atomic E-state index is 13.0. The summed E-state index contributed by atoms with van der Waals surface area (Å²) >= 11 is 0. The Balaban J connectivity index is 1.65. The van der Waals surface area contributed by atoms with Crippen molar-refractivity contribution in [3.8, 4) is 17.2 Å². The quantitative estimate of drug-likeness (QED) is 0.840. The first-order valence-electron chi connectivity index (χ1n) is 8.05. The van der Waals surface area contributed by atoms with Crippen LogP contribution in [-0.4, -0.2) is 33.2 Å². The second-order valence-corrected chi connectivity index (χ2v) is 8.13. The summed E-state index contributed by atoms with van der Waals surface area (Å²) < 4.78 is 43.6. The number of methoxy groups -OCH3 is 1. The molecule has 4 rings (SSSR count). The van der Waals surface area contributed by atoms with Gasteiger partial charge in [-0.2, -0.15) is 4.31 Å². The Kier molecular flexibility index (Phi) is 3.85. The van der Waals surface area contributed by atoms with E-state index in [4.69, 9.17) is 14.2 Å². The summed E-state index contributed by atoms with van der Waals surface area (Å²) in [4.78, 5) is 0.287. The zero-order valence-corrected chi connectivity index (χ0v) is 14.9. The zero-order valence-electron chi connectivity index (χ0n) is 14.1. The Morgan fingerprint density at radius 1 is 1.08 bits per heavy atom. The maximum absolute atomic E-state index is 13.0. The first-order chi connectivity index (χ1) is 12.0. The number of sulfonamides is 1. The van der Waals surface area contributed by atoms with Crippen LogP contribution in [0.3, 0.4) is 0 Å². The number of ether oxygens (including phenoxy) is 3. The topological polar surface area (TPSA) is 65.1 Å². The summed E-state index contributed by atoms with van der Waals surface area (Å²) in [6, 6.07) is 8.79. The molecule has 0 atom stereocenters. The van der Waals surface area contributed by atoms with E-state index in [1.54, 1.807) is 25.3 Å². The lowest BCUT2D eigenvalue weighted by Crippen LogP contribution is -2.36. The van der Waals surface area contributed by atoms with Gasteiger partial charge in [-0.25, -0.2) is 8.42 Å². The number of rotatable bonds is 3. The van der Waals surface area contributed by atoms with Gasteiger partial charge in [0.05, 0.1) is 12.0 Å². The van der Waals surface area contributed by atoms with Gasteiger partial charge in [0.2, 0.25) is 16.8 Å². The van der Waals surface area contributed by atoms with Gasteiger partial charge in [0, 0.05) is 13.1 Å². The molecule has 2 heterocycles. The van der Waals surface area contributed by atoms with E-state index in [1.807, 2.05) is 19.1 Å². The van der Waals surface area contributed by atoms with Gasteiger partial charge in [-0.3, -0.25) is 0 Å². The molecular weight excluding hydrogens is 342 g/mol. The van der Waals surface area contributed by atoms with Crippen LogP contribution in [0.5, 0.6) is 17.2 Å². The number of nitrogens with zero attached hydrogens (tertiary/aromatic N) is 1. The monoisotopic (exact) mass is 361 g/mol. The van der Waals surface area contributed by atoms with Crippen molar-refractivity contribution >= 4 is 10.0 Å². The van der Waals surface area contributed by atoms with Gasteiger partial charge in [-0.05, 0) is 60.4 Å². The molecule has 2 aromatic rings. The van der Waals surface area contributed by atoms with Crippen molar-refractivity contribution in [1.82, 2.24) is 4.31 Å². The Morgan fingerprint density at radius 2 is 1.80 bits per heavy atom. The zero-order chi connectivity index (χ0) is 17.6. The molecule has 132 valence electrons. The fourth-order valence-corrected chi connectivity index (χ4v) is 4.79. The molecule has 2 aromatic carbocycles. The third-order valence-corrected chi connectivity index (χ3v) is 6.52. The van der Waals surface area contributed by atoms with Crippen LogP contribution < -0.4 is 14.2 Å². The fraction of sp³-hybridized carbons (Fsp3) is 0.333. The summed E-state index contributed by atoms with van der Waals surface area (Å²) in [5.41, 5.74) is 2.87. The van der Waals surface area contributed by atoms with Gasteiger partial charge in [-0.1, -0.05) is 0 Å². The van der Waals surface area contributed by atoms with Gasteiger partial charge in [0.1, 0.15) is 5.75 Å². The predicted molar refractivity (Wildman–Crippen MR) is 91.6 cm³/mol. The minimum absolute atomic E-state index is 0.214. The van der Waals surface area contributed by atoms with E-state index in [9.17, 15) is 8.42 Å². The van der Waals surface area contributed by atoms with Crippen LogP contribution in [0.2, 0.25) is 0 Å². The third kappa shape index (κ3) is 2.73. The number of aryl methyl sites for hydroxylation is 1. The smallest absolute Gasteiger partial charge is 0.243 e. The van der Waals surface area contributed by atoms with Crippen molar-refractivity contribution < 1.29 is 22.6 Å². The van der Waals surface area contributed by atoms with Crippen LogP contribution in [0.25, 0.3) is 0 Å². The molecule has 6 nitrogen and oxygen atoms in total. The predicted octanol–water partition coefficient (Wildman–Crippen LogP) is 2.48. The number of hydrogen-bond donors (Lipinski definition) is 0. The van der Waals surface area contributed by atoms with Crippen molar-refractivity contribution in [2.75, 3.05) is 20.4 Å². The summed E-state index contributed by atoms with van der Waals surface area (Å²) in [7, 11) is -1.99. The van der Waals surface area contributed by atoms with Crippen molar-refractivity contribution in [2.24, 2.45) is 0 Å². The minimum Gasteiger partial charge on any atom is -0.496 e. The highest BCUT2D eigenvalue weighted by Gasteiger charge is 2.30. The molecule has 0 amide bonds. The summed E-state index contributed by atoms with van der Waals surface area (Å²) in [6.45, 7) is 2.83. The third-order valence-electron chi connectivity index (χ3n) is 4.68. The lowest BCUT2D eigenvalue weighted by molar-refractivity contribution is 0.174. The summed E-state index contributed by atoms with van der Waals surface area (Å²) in [5, 5.41) is 0. The molecule has 0 saturated heterocycles. The van der Waals surface area contributed by atoms with Crippen LogP contribution in [0.1, 0.15) is 16.7 Å². The second-order valence-electron chi connectivity index (χ2n) is 6.19. The van der Waals surface area contributed by atoms with Crippen LogP contribution >= 0.6 is 0 Å². The highest BCUT2D eigenvalue weighted by molar-refractivity contribution is 7.89. The van der Waals surface area contributed by atoms with Crippen LogP contribution in [0, 0.1) is 6.92 Å². The molecule has 0 saturated carbocycles. The van der Waals surface area contributed by atoms with E-state index < -0.39 is 10.0 Å². The van der Waals surface area contributed by atoms with Crippen LogP contribution in [0.4, 0.5) is 0 Å². The second kappa shape index (κ2) is 5.93. The highest BCUT2D eigenvalue weighted by atomic mass is 32.2. The molecule has 0 fully saturated rings. The molecular formula is C18H19NO5S. The Morgan fingerprint density at radius 3 is 2.48 bits per heavy atom. The van der Waals surface area contributed by atoms with E-state index in [-0.39, 0.29) is 11.7 Å². The molecule has 2 aliphatic heterocycles. The molecule has 25 heavy (non-hydrogen) atoms. The van der Waals surface area contributed by atoms with E-state index in [2.05, 4.69) is 0 Å². The highest BCUT2D eigenvalue weighted by Crippen LogP contribution is 2.37. The van der Waals surface area contributed by atoms with Crippen molar-refractivity contribution in [1.29, 1.82) is 0 Å². The Hall–Kier alpha value is -2.25. The normalized spacial score (nSPS) is 16.6. The largest absolute Gasteiger partial charge is 0.496 e. The van der Waals surface area contributed by atoms with Crippen LogP contribution in [-0.2, 0) is 23.0 Å². The van der Waals surface area contributed by atoms with E-state index >= 15 is 0 Å². The lowest BCUT2D eigenvalue weighted by atomic mass is 10.0. The molecule has 0 N–H and O–H groups in total. The molecule has 0 unspecified atom stereocenters. The van der Waals surface area contributed by atoms with E-state index in [0.29, 0.717) is 31.0 Å². The Bertz CT molecular complexity index is 939. The van der Waals surface area contributed by atoms with Crippen molar-refractivity contribution in [3.63, 3.8) is 0 Å². The molecule has 0 bridgehead atoms. The molecule has 0 spiro atoms. The molecule has 0 aromatic heterocycles. The maximum Gasteiger partial charge on any atom is 0.243 e. The van der Waals surface area contributed by atoms with Crippen molar-refractivity contribution in [2.45, 2.75) is 24.8 Å². The van der Waals surface area contributed by atoms with E-state index in [1.165, 1.54) is 4.31 Å². The van der Waals surface area contributed by atoms with E-state index in [0.717, 1.165) is 22.4 Å². The summed E-state index contributed by atoms with van der Waals surface area (Å²) in [6.07, 6.45) is 0.653. The number of fused-ring (bicyclic) bond motifs is 2. The molecule has 0 radical (unpaired) electrons. The number of benzene rings is 2. The standard InChI is InChI=1S/C18H19NO5S/c1-12-7-15(3-4-16(12)22-2)25(20,21)19-6-5-13-8-17-18(24-11-23-17)9-14(13)10-19/h3-4,7-9H,5-6,10-11H2,1-2H3. The first-order valence-corrected chi connectivity index (χ1v) is 9.49. The van der Waals surface area contributed by atoms with Crippen molar-refractivity contribution in [3.05, 3.63) is 47.0 Å². The van der Waals surface area contributed by atoms with Gasteiger partial charge in [0.25, 0.3) is 0 Å². The average molecular weight is 361 g/mol. The first kappa shape index (κ1) is 16.2. The molecule has 7 heteroatoms. The molecule has 0 aliphatic carbocycles. The SMILES string of the molecule is COc1ccc(S(=O)(=O)N2CCc3cc4c(cc3C2)OCO4)cc1C. The average Bonchev–Trinajstić information content (AvgIpc) is 3.06. The lowest BCUT2D eigenvalue weighted by Gasteiger charge is -2.28. The number of hydrogen-bond acceptors (Lipinski definition) is 5. The Labute approximate surface area is 147 Å². The minimum atomic E-state index is -3.56. The van der Waals surface area contributed by atoms with Crippen LogP contribution in [0.15, 0.2) is 35.2 Å². The van der Waals surface area contributed by atoms with Gasteiger partial charge >= 0.3 is 0 Å². The fourth-order valence-electron chi connectivity index (χ4n) is 3.29. The molecule has 2 aliphatic rings. The summed E-state index contributed by atoms with van der Waals surface area (Å²) in [5.74, 6) is 2.09. The van der Waals surface area contributed by atoms with Gasteiger partial charge in [0.15, 0.2) is 11.5 Å².